The molecular weight excluding hydrogens is 312 g/mol. The van der Waals surface area contributed by atoms with Crippen molar-refractivity contribution in [2.75, 3.05) is 13.1 Å². The Bertz CT molecular complexity index is 445. The third-order valence-electron chi connectivity index (χ3n) is 6.61. The summed E-state index contributed by atoms with van der Waals surface area (Å²) in [7, 11) is 0. The molecule has 25 heavy (non-hydrogen) atoms. The molecule has 0 aromatic rings. The molecule has 0 N–H and O–H groups in total. The van der Waals surface area contributed by atoms with Gasteiger partial charge >= 0.3 is 0 Å². The summed E-state index contributed by atoms with van der Waals surface area (Å²) < 4.78 is 6.02. The van der Waals surface area contributed by atoms with Gasteiger partial charge in [0.25, 0.3) is 0 Å². The Morgan fingerprint density at radius 3 is 2.28 bits per heavy atom. The standard InChI is InChI=1S/C21H38N2O2/c1-15(2)25-19-11-9-18(10-12-19)14-22-13-16(3)23(17(4)24)21-8-6-5-7-20(21)22/h15-16,18-21H,5-14H2,1-4H3/t16-,18?,19?,20?,21?/m0/s1. The zero-order chi connectivity index (χ0) is 18.0. The Labute approximate surface area is 154 Å². The highest BCUT2D eigenvalue weighted by Crippen LogP contribution is 2.35. The molecule has 3 fully saturated rings. The molecule has 1 saturated heterocycles. The highest BCUT2D eigenvalue weighted by atomic mass is 16.5. The minimum absolute atomic E-state index is 0.274. The van der Waals surface area contributed by atoms with Gasteiger partial charge in [0.05, 0.1) is 12.2 Å². The smallest absolute Gasteiger partial charge is 0.220 e. The predicted octanol–water partition coefficient (Wildman–Crippen LogP) is 3.83. The summed E-state index contributed by atoms with van der Waals surface area (Å²) in [6, 6.07) is 1.41. The molecule has 4 heteroatoms. The van der Waals surface area contributed by atoms with Crippen molar-refractivity contribution in [2.24, 2.45) is 5.92 Å². The molecule has 2 unspecified atom stereocenters. The third-order valence-corrected chi connectivity index (χ3v) is 6.61. The molecule has 0 bridgehead atoms. The number of carbonyl (C=O) groups is 1. The van der Waals surface area contributed by atoms with Crippen molar-refractivity contribution in [1.29, 1.82) is 0 Å². The highest BCUT2D eigenvalue weighted by molar-refractivity contribution is 5.74. The van der Waals surface area contributed by atoms with E-state index in [2.05, 4.69) is 30.6 Å². The second-order valence-corrected chi connectivity index (χ2v) is 8.98. The van der Waals surface area contributed by atoms with E-state index in [4.69, 9.17) is 4.74 Å². The summed E-state index contributed by atoms with van der Waals surface area (Å²) in [6.45, 7) is 10.6. The van der Waals surface area contributed by atoms with Crippen molar-refractivity contribution >= 4 is 5.91 Å². The Morgan fingerprint density at radius 1 is 1.04 bits per heavy atom. The number of rotatable bonds is 4. The van der Waals surface area contributed by atoms with Crippen molar-refractivity contribution < 1.29 is 9.53 Å². The number of piperazine rings is 1. The second kappa shape index (κ2) is 8.39. The van der Waals surface area contributed by atoms with Gasteiger partial charge in [-0.1, -0.05) is 12.8 Å². The minimum Gasteiger partial charge on any atom is -0.376 e. The number of ether oxygens (including phenoxy) is 1. The summed E-state index contributed by atoms with van der Waals surface area (Å²) in [6.07, 6.45) is 11.0. The Morgan fingerprint density at radius 2 is 1.68 bits per heavy atom. The van der Waals surface area contributed by atoms with Gasteiger partial charge in [0.1, 0.15) is 0 Å². The monoisotopic (exact) mass is 350 g/mol. The van der Waals surface area contributed by atoms with Crippen LogP contribution >= 0.6 is 0 Å². The molecule has 0 aromatic carbocycles. The third kappa shape index (κ3) is 4.57. The van der Waals surface area contributed by atoms with Crippen molar-refractivity contribution in [3.63, 3.8) is 0 Å². The summed E-state index contributed by atoms with van der Waals surface area (Å²) >= 11 is 0. The molecule has 3 aliphatic rings. The zero-order valence-corrected chi connectivity index (χ0v) is 16.7. The number of carbonyl (C=O) groups excluding carboxylic acids is 1. The average Bonchev–Trinajstić information content (AvgIpc) is 2.56. The fourth-order valence-corrected chi connectivity index (χ4v) is 5.65. The van der Waals surface area contributed by atoms with E-state index < -0.39 is 0 Å². The largest absolute Gasteiger partial charge is 0.376 e. The molecule has 0 radical (unpaired) electrons. The lowest BCUT2D eigenvalue weighted by atomic mass is 9.82. The fourth-order valence-electron chi connectivity index (χ4n) is 5.65. The van der Waals surface area contributed by atoms with E-state index in [9.17, 15) is 4.79 Å². The van der Waals surface area contributed by atoms with E-state index >= 15 is 0 Å². The van der Waals surface area contributed by atoms with Crippen LogP contribution in [0.1, 0.15) is 79.1 Å². The first kappa shape index (κ1) is 19.2. The lowest BCUT2D eigenvalue weighted by Crippen LogP contribution is -2.65. The second-order valence-electron chi connectivity index (χ2n) is 8.98. The number of nitrogens with zero attached hydrogens (tertiary/aromatic N) is 2. The molecule has 0 aromatic heterocycles. The first-order chi connectivity index (χ1) is 12.0. The number of hydrogen-bond acceptors (Lipinski definition) is 3. The first-order valence-corrected chi connectivity index (χ1v) is 10.6. The van der Waals surface area contributed by atoms with Gasteiger partial charge < -0.3 is 9.64 Å². The SMILES string of the molecule is CC(=O)N1C2CCCCC2N(CC2CCC(OC(C)C)CC2)C[C@@H]1C. The molecule has 3 atom stereocenters. The molecule has 144 valence electrons. The van der Waals surface area contributed by atoms with Gasteiger partial charge in [-0.3, -0.25) is 9.69 Å². The molecule has 3 rings (SSSR count). The molecule has 2 aliphatic carbocycles. The summed E-state index contributed by atoms with van der Waals surface area (Å²) in [5.41, 5.74) is 0. The van der Waals surface area contributed by atoms with Crippen LogP contribution in [0.2, 0.25) is 0 Å². The summed E-state index contributed by atoms with van der Waals surface area (Å²) in [4.78, 5) is 17.1. The number of fused-ring (bicyclic) bond motifs is 1. The van der Waals surface area contributed by atoms with E-state index in [1.807, 2.05) is 0 Å². The minimum atomic E-state index is 0.274. The Kier molecular flexibility index (Phi) is 6.43. The maximum absolute atomic E-state index is 12.2. The van der Waals surface area contributed by atoms with Crippen molar-refractivity contribution in [3.8, 4) is 0 Å². The van der Waals surface area contributed by atoms with E-state index in [0.717, 1.165) is 12.5 Å². The van der Waals surface area contributed by atoms with Gasteiger partial charge in [-0.05, 0) is 65.2 Å². The summed E-state index contributed by atoms with van der Waals surface area (Å²) in [5, 5.41) is 0. The Hall–Kier alpha value is -0.610. The van der Waals surface area contributed by atoms with Crippen LogP contribution in [0.15, 0.2) is 0 Å². The lowest BCUT2D eigenvalue weighted by molar-refractivity contribution is -0.142. The van der Waals surface area contributed by atoms with Crippen LogP contribution < -0.4 is 0 Å². The lowest BCUT2D eigenvalue weighted by Gasteiger charge is -2.53. The average molecular weight is 351 g/mol. The number of hydrogen-bond donors (Lipinski definition) is 0. The number of amides is 1. The van der Waals surface area contributed by atoms with Crippen LogP contribution in [0, 0.1) is 5.92 Å². The van der Waals surface area contributed by atoms with Gasteiger partial charge in [0.2, 0.25) is 5.91 Å². The van der Waals surface area contributed by atoms with Gasteiger partial charge in [0, 0.05) is 38.1 Å². The van der Waals surface area contributed by atoms with Gasteiger partial charge in [-0.2, -0.15) is 0 Å². The summed E-state index contributed by atoms with van der Waals surface area (Å²) in [5.74, 6) is 1.08. The van der Waals surface area contributed by atoms with Crippen molar-refractivity contribution in [3.05, 3.63) is 0 Å². The zero-order valence-electron chi connectivity index (χ0n) is 16.7. The predicted molar refractivity (Wildman–Crippen MR) is 102 cm³/mol. The van der Waals surface area contributed by atoms with Crippen LogP contribution in [0.3, 0.4) is 0 Å². The van der Waals surface area contributed by atoms with E-state index in [1.165, 1.54) is 57.9 Å². The molecule has 4 nitrogen and oxygen atoms in total. The molecule has 1 aliphatic heterocycles. The Balaban J connectivity index is 1.58. The van der Waals surface area contributed by atoms with Gasteiger partial charge in [-0.25, -0.2) is 0 Å². The maximum atomic E-state index is 12.2. The highest BCUT2D eigenvalue weighted by Gasteiger charge is 2.42. The van der Waals surface area contributed by atoms with Crippen LogP contribution in [0.25, 0.3) is 0 Å². The van der Waals surface area contributed by atoms with Crippen LogP contribution in [0.5, 0.6) is 0 Å². The van der Waals surface area contributed by atoms with Crippen LogP contribution in [-0.4, -0.2) is 59.1 Å². The molecular formula is C21H38N2O2. The van der Waals surface area contributed by atoms with Crippen molar-refractivity contribution in [1.82, 2.24) is 9.80 Å². The topological polar surface area (TPSA) is 32.8 Å². The normalized spacial score (nSPS) is 37.2. The quantitative estimate of drug-likeness (QED) is 0.772. The molecule has 2 saturated carbocycles. The van der Waals surface area contributed by atoms with Crippen LogP contribution in [-0.2, 0) is 9.53 Å². The fraction of sp³-hybridized carbons (Fsp3) is 0.952. The molecule has 0 spiro atoms. The van der Waals surface area contributed by atoms with Gasteiger partial charge in [0.15, 0.2) is 0 Å². The van der Waals surface area contributed by atoms with Crippen molar-refractivity contribution in [2.45, 2.75) is 109 Å². The first-order valence-electron chi connectivity index (χ1n) is 10.6. The molecule has 1 heterocycles. The van der Waals surface area contributed by atoms with E-state index in [-0.39, 0.29) is 5.91 Å². The maximum Gasteiger partial charge on any atom is 0.220 e. The molecule has 1 amide bonds. The van der Waals surface area contributed by atoms with Crippen LogP contribution in [0.4, 0.5) is 0 Å². The van der Waals surface area contributed by atoms with E-state index in [1.54, 1.807) is 6.92 Å². The van der Waals surface area contributed by atoms with E-state index in [0.29, 0.717) is 30.3 Å². The van der Waals surface area contributed by atoms with Gasteiger partial charge in [-0.15, -0.1) is 0 Å².